The fraction of sp³-hybridized carbons (Fsp3) is 0.909. The maximum Gasteiger partial charge on any atom is 0.236 e. The normalized spacial score (nSPS) is 19.7. The molecule has 0 aromatic rings. The quantitative estimate of drug-likeness (QED) is 0.691. The monoisotopic (exact) mass is 230 g/mol. The molecule has 15 heavy (non-hydrogen) atoms. The summed E-state index contributed by atoms with van der Waals surface area (Å²) in [6.45, 7) is 2.99. The highest BCUT2D eigenvalue weighted by molar-refractivity contribution is 7.98. The first-order valence-electron chi connectivity index (χ1n) is 5.67. The topological polar surface area (TPSA) is 55.1 Å². The zero-order valence-corrected chi connectivity index (χ0v) is 10.5. The molecule has 1 rings (SSSR count). The molecule has 88 valence electrons. The number of thioether (sulfide) groups is 1. The van der Waals surface area contributed by atoms with E-state index < -0.39 is 0 Å². The van der Waals surface area contributed by atoms with Crippen molar-refractivity contribution in [1.82, 2.24) is 5.32 Å². The summed E-state index contributed by atoms with van der Waals surface area (Å²) in [4.78, 5) is 11.6. The van der Waals surface area contributed by atoms with Crippen LogP contribution in [0, 0.1) is 11.8 Å². The zero-order chi connectivity index (χ0) is 11.3. The summed E-state index contributed by atoms with van der Waals surface area (Å²) in [7, 11) is 0. The molecular formula is C11H22N2OS. The Kier molecular flexibility index (Phi) is 5.47. The van der Waals surface area contributed by atoms with Crippen LogP contribution in [-0.2, 0) is 4.79 Å². The third kappa shape index (κ3) is 4.89. The second-order valence-electron chi connectivity index (χ2n) is 4.45. The molecule has 0 saturated heterocycles. The van der Waals surface area contributed by atoms with Crippen LogP contribution >= 0.6 is 11.8 Å². The van der Waals surface area contributed by atoms with E-state index in [0.29, 0.717) is 5.92 Å². The van der Waals surface area contributed by atoms with E-state index in [9.17, 15) is 4.79 Å². The summed E-state index contributed by atoms with van der Waals surface area (Å²) >= 11 is 1.73. The largest absolute Gasteiger partial charge is 0.354 e. The zero-order valence-electron chi connectivity index (χ0n) is 9.66. The van der Waals surface area contributed by atoms with Crippen molar-refractivity contribution in [2.24, 2.45) is 17.6 Å². The van der Waals surface area contributed by atoms with Crippen LogP contribution in [0.5, 0.6) is 0 Å². The van der Waals surface area contributed by atoms with Gasteiger partial charge in [-0.3, -0.25) is 4.79 Å². The Hall–Kier alpha value is -0.220. The number of carbonyl (C=O) groups is 1. The molecule has 0 bridgehead atoms. The van der Waals surface area contributed by atoms with Gasteiger partial charge in [0.25, 0.3) is 0 Å². The first-order chi connectivity index (χ1) is 7.15. The lowest BCUT2D eigenvalue weighted by molar-refractivity contribution is -0.122. The van der Waals surface area contributed by atoms with E-state index in [1.165, 1.54) is 12.8 Å². The second kappa shape index (κ2) is 6.38. The van der Waals surface area contributed by atoms with Crippen molar-refractivity contribution in [2.45, 2.75) is 32.2 Å². The molecule has 0 aromatic heterocycles. The molecule has 3 nitrogen and oxygen atoms in total. The predicted octanol–water partition coefficient (Wildman–Crippen LogP) is 1.23. The first kappa shape index (κ1) is 12.8. The summed E-state index contributed by atoms with van der Waals surface area (Å²) in [6, 6.07) is -0.330. The Morgan fingerprint density at radius 1 is 1.60 bits per heavy atom. The van der Waals surface area contributed by atoms with E-state index in [4.69, 9.17) is 5.73 Å². The van der Waals surface area contributed by atoms with Crippen LogP contribution in [0.15, 0.2) is 0 Å². The Morgan fingerprint density at radius 3 is 2.80 bits per heavy atom. The smallest absolute Gasteiger partial charge is 0.236 e. The molecule has 0 heterocycles. The third-order valence-electron chi connectivity index (χ3n) is 2.99. The fourth-order valence-corrected chi connectivity index (χ4v) is 2.09. The first-order valence-corrected chi connectivity index (χ1v) is 7.06. The van der Waals surface area contributed by atoms with Crippen LogP contribution in [0.25, 0.3) is 0 Å². The Labute approximate surface area is 96.6 Å². The lowest BCUT2D eigenvalue weighted by Gasteiger charge is -2.14. The van der Waals surface area contributed by atoms with Gasteiger partial charge >= 0.3 is 0 Å². The van der Waals surface area contributed by atoms with E-state index in [0.717, 1.165) is 24.6 Å². The SMILES string of the molecule is CSCC[C@H](N)C(=O)NCC(C)C1CC1. The van der Waals surface area contributed by atoms with Gasteiger partial charge in [0.1, 0.15) is 0 Å². The molecule has 1 aliphatic carbocycles. The number of nitrogens with one attached hydrogen (secondary N) is 1. The van der Waals surface area contributed by atoms with Gasteiger partial charge in [0.15, 0.2) is 0 Å². The van der Waals surface area contributed by atoms with E-state index in [1.54, 1.807) is 11.8 Å². The molecule has 0 aliphatic heterocycles. The molecule has 1 fully saturated rings. The second-order valence-corrected chi connectivity index (χ2v) is 5.43. The summed E-state index contributed by atoms with van der Waals surface area (Å²) in [5, 5.41) is 2.94. The van der Waals surface area contributed by atoms with Crippen LogP contribution in [0.4, 0.5) is 0 Å². The van der Waals surface area contributed by atoms with Crippen molar-refractivity contribution < 1.29 is 4.79 Å². The molecule has 0 radical (unpaired) electrons. The van der Waals surface area contributed by atoms with Gasteiger partial charge in [0.2, 0.25) is 5.91 Å². The van der Waals surface area contributed by atoms with Gasteiger partial charge in [0.05, 0.1) is 6.04 Å². The maximum atomic E-state index is 11.6. The Bertz CT molecular complexity index is 207. The van der Waals surface area contributed by atoms with Gasteiger partial charge in [0, 0.05) is 6.54 Å². The molecule has 3 N–H and O–H groups in total. The van der Waals surface area contributed by atoms with E-state index in [2.05, 4.69) is 12.2 Å². The van der Waals surface area contributed by atoms with E-state index in [1.807, 2.05) is 6.26 Å². The van der Waals surface area contributed by atoms with Crippen molar-refractivity contribution in [3.63, 3.8) is 0 Å². The van der Waals surface area contributed by atoms with Gasteiger partial charge in [-0.2, -0.15) is 11.8 Å². The van der Waals surface area contributed by atoms with Crippen LogP contribution in [0.3, 0.4) is 0 Å². The molecular weight excluding hydrogens is 208 g/mol. The van der Waals surface area contributed by atoms with Crippen LogP contribution < -0.4 is 11.1 Å². The summed E-state index contributed by atoms with van der Waals surface area (Å²) in [5.41, 5.74) is 5.76. The van der Waals surface area contributed by atoms with Crippen LogP contribution in [0.1, 0.15) is 26.2 Å². The Morgan fingerprint density at radius 2 is 2.27 bits per heavy atom. The number of carbonyl (C=O) groups excluding carboxylic acids is 1. The highest BCUT2D eigenvalue weighted by Gasteiger charge is 2.28. The minimum absolute atomic E-state index is 0.0107. The third-order valence-corrected chi connectivity index (χ3v) is 3.64. The molecule has 0 aromatic carbocycles. The molecule has 2 atom stereocenters. The average Bonchev–Trinajstić information content (AvgIpc) is 3.05. The van der Waals surface area contributed by atoms with Crippen LogP contribution in [0.2, 0.25) is 0 Å². The minimum Gasteiger partial charge on any atom is -0.354 e. The molecule has 1 aliphatic rings. The highest BCUT2D eigenvalue weighted by Crippen LogP contribution is 2.35. The number of nitrogens with two attached hydrogens (primary N) is 1. The summed E-state index contributed by atoms with van der Waals surface area (Å²) < 4.78 is 0. The van der Waals surface area contributed by atoms with Gasteiger partial charge in [-0.25, -0.2) is 0 Å². The van der Waals surface area contributed by atoms with Crippen molar-refractivity contribution in [3.8, 4) is 0 Å². The van der Waals surface area contributed by atoms with Crippen molar-refractivity contribution in [2.75, 3.05) is 18.6 Å². The number of hydrogen-bond acceptors (Lipinski definition) is 3. The number of hydrogen-bond donors (Lipinski definition) is 2. The maximum absolute atomic E-state index is 11.6. The number of amides is 1. The highest BCUT2D eigenvalue weighted by atomic mass is 32.2. The van der Waals surface area contributed by atoms with Gasteiger partial charge in [-0.15, -0.1) is 0 Å². The molecule has 1 unspecified atom stereocenters. The van der Waals surface area contributed by atoms with E-state index >= 15 is 0 Å². The average molecular weight is 230 g/mol. The standard InChI is InChI=1S/C11H22N2OS/c1-8(9-3-4-9)7-13-11(14)10(12)5-6-15-2/h8-10H,3-7,12H2,1-2H3,(H,13,14)/t8?,10-/m0/s1. The summed E-state index contributed by atoms with van der Waals surface area (Å²) in [5.74, 6) is 2.42. The van der Waals surface area contributed by atoms with Crippen LogP contribution in [-0.4, -0.2) is 30.5 Å². The van der Waals surface area contributed by atoms with Gasteiger partial charge in [-0.1, -0.05) is 6.92 Å². The molecule has 4 heteroatoms. The summed E-state index contributed by atoms with van der Waals surface area (Å²) in [6.07, 6.45) is 5.45. The van der Waals surface area contributed by atoms with Crippen molar-refractivity contribution >= 4 is 17.7 Å². The Balaban J connectivity index is 2.10. The van der Waals surface area contributed by atoms with Gasteiger partial charge < -0.3 is 11.1 Å². The lowest BCUT2D eigenvalue weighted by atomic mass is 10.1. The van der Waals surface area contributed by atoms with Crippen molar-refractivity contribution in [3.05, 3.63) is 0 Å². The van der Waals surface area contributed by atoms with Gasteiger partial charge in [-0.05, 0) is 43.1 Å². The number of rotatable bonds is 7. The van der Waals surface area contributed by atoms with E-state index in [-0.39, 0.29) is 11.9 Å². The molecule has 1 saturated carbocycles. The minimum atomic E-state index is -0.330. The van der Waals surface area contributed by atoms with Crippen molar-refractivity contribution in [1.29, 1.82) is 0 Å². The molecule has 0 spiro atoms. The predicted molar refractivity (Wildman–Crippen MR) is 65.9 cm³/mol. The molecule has 1 amide bonds. The fourth-order valence-electron chi connectivity index (χ4n) is 1.60. The lowest BCUT2D eigenvalue weighted by Crippen LogP contribution is -2.42.